The summed E-state index contributed by atoms with van der Waals surface area (Å²) in [5.41, 5.74) is 5.49. The molecule has 0 saturated carbocycles. The van der Waals surface area contributed by atoms with Gasteiger partial charge in [0.2, 0.25) is 0 Å². The first-order chi connectivity index (χ1) is 14.9. The van der Waals surface area contributed by atoms with Crippen LogP contribution in [0.5, 0.6) is 0 Å². The van der Waals surface area contributed by atoms with E-state index < -0.39 is 0 Å². The van der Waals surface area contributed by atoms with Crippen molar-refractivity contribution < 1.29 is 9.53 Å². The molecule has 2 heterocycles. The summed E-state index contributed by atoms with van der Waals surface area (Å²) >= 11 is 0. The van der Waals surface area contributed by atoms with Gasteiger partial charge in [-0.15, -0.1) is 0 Å². The molecule has 3 aromatic rings. The van der Waals surface area contributed by atoms with Gasteiger partial charge in [-0.2, -0.15) is 0 Å². The van der Waals surface area contributed by atoms with Crippen LogP contribution >= 0.6 is 0 Å². The third kappa shape index (κ3) is 4.36. The molecule has 160 valence electrons. The monoisotopic (exact) mass is 418 g/mol. The summed E-state index contributed by atoms with van der Waals surface area (Å²) in [6, 6.07) is 13.0. The van der Waals surface area contributed by atoms with Crippen molar-refractivity contribution in [1.82, 2.24) is 14.7 Å². The van der Waals surface area contributed by atoms with Crippen LogP contribution in [0.25, 0.3) is 5.69 Å². The number of ether oxygens (including phenoxy) is 1. The highest BCUT2D eigenvalue weighted by Crippen LogP contribution is 2.16. The van der Waals surface area contributed by atoms with Crippen LogP contribution in [0.15, 0.2) is 52.3 Å². The van der Waals surface area contributed by atoms with Gasteiger partial charge < -0.3 is 9.64 Å². The number of aryl methyl sites for hydroxylation is 3. The number of nitrogens with one attached hydrogen (secondary N) is 1. The molecule has 0 aliphatic carbocycles. The second kappa shape index (κ2) is 8.73. The molecule has 0 radical (unpaired) electrons. The number of hydrogen-bond donors (Lipinski definition) is 1. The lowest BCUT2D eigenvalue weighted by molar-refractivity contribution is 0.0303. The maximum absolute atomic E-state index is 12.9. The van der Waals surface area contributed by atoms with Crippen molar-refractivity contribution in [3.05, 3.63) is 80.8 Å². The van der Waals surface area contributed by atoms with Crippen molar-refractivity contribution >= 4 is 17.8 Å². The highest BCUT2D eigenvalue weighted by Gasteiger charge is 2.18. The smallest absolute Gasteiger partial charge is 0.280 e. The van der Waals surface area contributed by atoms with Crippen LogP contribution in [0.3, 0.4) is 0 Å². The third-order valence-corrected chi connectivity index (χ3v) is 5.62. The Labute approximate surface area is 181 Å². The fraction of sp³-hybridized carbons (Fsp3) is 0.292. The summed E-state index contributed by atoms with van der Waals surface area (Å²) < 4.78 is 6.83. The minimum atomic E-state index is -0.149. The lowest BCUT2D eigenvalue weighted by Gasteiger charge is -2.26. The van der Waals surface area contributed by atoms with Gasteiger partial charge in [-0.05, 0) is 68.3 Å². The number of hydrogen-bond acceptors (Lipinski definition) is 4. The molecule has 7 nitrogen and oxygen atoms in total. The molecule has 0 unspecified atom stereocenters. The van der Waals surface area contributed by atoms with Gasteiger partial charge in [0.25, 0.3) is 11.5 Å². The number of carbonyl (C=O) groups is 1. The zero-order valence-electron chi connectivity index (χ0n) is 18.0. The number of nitrogens with zero attached hydrogens (tertiary/aromatic N) is 3. The number of carbonyl (C=O) groups excluding carboxylic acids is 1. The Balaban J connectivity index is 1.53. The standard InChI is InChI=1S/C24H26N4O3/c1-16-4-9-21(14-17(16)2)28-24(30)22(18(3)26-28)15-25-20-7-5-19(6-8-20)23(29)27-10-12-31-13-11-27/h4-9,14-15,26H,10-13H2,1-3H3. The molecule has 1 aliphatic heterocycles. The molecule has 1 N–H and O–H groups in total. The molecule has 31 heavy (non-hydrogen) atoms. The fourth-order valence-corrected chi connectivity index (χ4v) is 3.54. The van der Waals surface area contributed by atoms with Crippen molar-refractivity contribution in [1.29, 1.82) is 0 Å². The largest absolute Gasteiger partial charge is 0.378 e. The van der Waals surface area contributed by atoms with Crippen molar-refractivity contribution in [3.63, 3.8) is 0 Å². The summed E-state index contributed by atoms with van der Waals surface area (Å²) in [5, 5.41) is 3.13. The number of aromatic amines is 1. The summed E-state index contributed by atoms with van der Waals surface area (Å²) in [5.74, 6) is -0.00316. The van der Waals surface area contributed by atoms with E-state index in [2.05, 4.69) is 10.1 Å². The summed E-state index contributed by atoms with van der Waals surface area (Å²) in [6.07, 6.45) is 1.57. The van der Waals surface area contributed by atoms with Crippen LogP contribution < -0.4 is 5.56 Å². The molecule has 4 rings (SSSR count). The van der Waals surface area contributed by atoms with Crippen LogP contribution in [0, 0.1) is 20.8 Å². The minimum Gasteiger partial charge on any atom is -0.378 e. The predicted molar refractivity (Wildman–Crippen MR) is 121 cm³/mol. The van der Waals surface area contributed by atoms with Crippen LogP contribution in [-0.2, 0) is 4.74 Å². The molecule has 1 fully saturated rings. The molecule has 0 atom stereocenters. The molecule has 2 aromatic carbocycles. The maximum Gasteiger partial charge on any atom is 0.280 e. The summed E-state index contributed by atoms with van der Waals surface area (Å²) in [6.45, 7) is 8.28. The average molecular weight is 418 g/mol. The van der Waals surface area contributed by atoms with Crippen LogP contribution in [0.1, 0.15) is 32.7 Å². The van der Waals surface area contributed by atoms with Crippen LogP contribution in [-0.4, -0.2) is 53.1 Å². The van der Waals surface area contributed by atoms with Crippen LogP contribution in [0.2, 0.25) is 0 Å². The molecular formula is C24H26N4O3. The number of aromatic nitrogens is 2. The quantitative estimate of drug-likeness (QED) is 0.660. The van der Waals surface area contributed by atoms with E-state index in [0.717, 1.165) is 16.9 Å². The third-order valence-electron chi connectivity index (χ3n) is 5.62. The van der Waals surface area contributed by atoms with Gasteiger partial charge in [-0.3, -0.25) is 19.7 Å². The lowest BCUT2D eigenvalue weighted by Crippen LogP contribution is -2.40. The Morgan fingerprint density at radius 2 is 1.74 bits per heavy atom. The number of H-pyrrole nitrogens is 1. The van der Waals surface area contributed by atoms with E-state index in [1.165, 1.54) is 10.2 Å². The van der Waals surface area contributed by atoms with Crippen molar-refractivity contribution in [2.24, 2.45) is 4.99 Å². The first-order valence-electron chi connectivity index (χ1n) is 10.3. The van der Waals surface area contributed by atoms with Gasteiger partial charge in [0, 0.05) is 30.6 Å². The number of amides is 1. The Kier molecular flexibility index (Phi) is 5.86. The first-order valence-corrected chi connectivity index (χ1v) is 10.3. The van der Waals surface area contributed by atoms with Crippen LogP contribution in [0.4, 0.5) is 5.69 Å². The lowest BCUT2D eigenvalue weighted by atomic mass is 10.1. The van der Waals surface area contributed by atoms with Gasteiger partial charge in [-0.25, -0.2) is 4.68 Å². The normalized spacial score (nSPS) is 14.4. The zero-order valence-corrected chi connectivity index (χ0v) is 18.0. The summed E-state index contributed by atoms with van der Waals surface area (Å²) in [4.78, 5) is 31.7. The molecule has 1 saturated heterocycles. The van der Waals surface area contributed by atoms with E-state index in [1.807, 2.05) is 39.0 Å². The van der Waals surface area contributed by atoms with Gasteiger partial charge >= 0.3 is 0 Å². The topological polar surface area (TPSA) is 79.7 Å². The van der Waals surface area contributed by atoms with E-state index in [9.17, 15) is 9.59 Å². The van der Waals surface area contributed by atoms with E-state index >= 15 is 0 Å². The highest BCUT2D eigenvalue weighted by atomic mass is 16.5. The van der Waals surface area contributed by atoms with Gasteiger partial charge in [-0.1, -0.05) is 6.07 Å². The Hall–Kier alpha value is -3.45. The zero-order chi connectivity index (χ0) is 22.0. The molecule has 1 aromatic heterocycles. The highest BCUT2D eigenvalue weighted by molar-refractivity contribution is 5.94. The van der Waals surface area contributed by atoms with Crippen molar-refractivity contribution in [3.8, 4) is 5.69 Å². The van der Waals surface area contributed by atoms with E-state index in [-0.39, 0.29) is 11.5 Å². The number of rotatable bonds is 4. The van der Waals surface area contributed by atoms with Crippen molar-refractivity contribution in [2.45, 2.75) is 20.8 Å². The Morgan fingerprint density at radius 3 is 2.42 bits per heavy atom. The number of benzene rings is 2. The maximum atomic E-state index is 12.9. The number of morpholine rings is 1. The molecule has 0 spiro atoms. The number of aliphatic imine (C=N–C) groups is 1. The van der Waals surface area contributed by atoms with Gasteiger partial charge in [0.15, 0.2) is 0 Å². The average Bonchev–Trinajstić information content (AvgIpc) is 3.08. The molecule has 7 heteroatoms. The van der Waals surface area contributed by atoms with E-state index in [4.69, 9.17) is 4.74 Å². The van der Waals surface area contributed by atoms with Gasteiger partial charge in [0.05, 0.1) is 30.2 Å². The SMILES string of the molecule is Cc1ccc(-n2[nH]c(C)c(C=Nc3ccc(C(=O)N4CCOCC4)cc3)c2=O)cc1C. The first kappa shape index (κ1) is 20.8. The Bertz CT molecular complexity index is 1180. The Morgan fingerprint density at radius 1 is 1.03 bits per heavy atom. The fourth-order valence-electron chi connectivity index (χ4n) is 3.54. The predicted octanol–water partition coefficient (Wildman–Crippen LogP) is 3.31. The molecule has 0 bridgehead atoms. The second-order valence-corrected chi connectivity index (χ2v) is 7.77. The second-order valence-electron chi connectivity index (χ2n) is 7.77. The minimum absolute atomic E-state index is 0.00316. The van der Waals surface area contributed by atoms with Gasteiger partial charge in [0.1, 0.15) is 0 Å². The van der Waals surface area contributed by atoms with E-state index in [0.29, 0.717) is 43.1 Å². The summed E-state index contributed by atoms with van der Waals surface area (Å²) in [7, 11) is 0. The van der Waals surface area contributed by atoms with Crippen molar-refractivity contribution in [2.75, 3.05) is 26.3 Å². The molecular weight excluding hydrogens is 392 g/mol. The molecule has 1 aliphatic rings. The van der Waals surface area contributed by atoms with E-state index in [1.54, 1.807) is 35.4 Å². The molecule has 1 amide bonds.